The first-order valence-corrected chi connectivity index (χ1v) is 4.38. The van der Waals surface area contributed by atoms with Gasteiger partial charge in [0.25, 0.3) is 0 Å². The first-order chi connectivity index (χ1) is 6.79. The number of hydrogen-bond donors (Lipinski definition) is 1. The van der Waals surface area contributed by atoms with Crippen LogP contribution in [0.1, 0.15) is 10.4 Å². The van der Waals surface area contributed by atoms with Crippen molar-refractivity contribution in [3.05, 3.63) is 29.8 Å². The van der Waals surface area contributed by atoms with Crippen molar-refractivity contribution in [3.8, 4) is 0 Å². The van der Waals surface area contributed by atoms with Gasteiger partial charge in [0.1, 0.15) is 0 Å². The van der Waals surface area contributed by atoms with E-state index in [4.69, 9.17) is 5.11 Å². The predicted molar refractivity (Wildman–Crippen MR) is 54.1 cm³/mol. The molecule has 1 N–H and O–H groups in total. The van der Waals surface area contributed by atoms with Gasteiger partial charge >= 0.3 is 5.97 Å². The third-order valence-electron chi connectivity index (χ3n) is 2.13. The van der Waals surface area contributed by atoms with Gasteiger partial charge in [-0.3, -0.25) is 4.99 Å². The molecular formula is C10H10N2O2. The van der Waals surface area contributed by atoms with Crippen LogP contribution in [0, 0.1) is 0 Å². The van der Waals surface area contributed by atoms with Crippen LogP contribution in [0.2, 0.25) is 0 Å². The van der Waals surface area contributed by atoms with E-state index in [0.717, 1.165) is 13.1 Å². The summed E-state index contributed by atoms with van der Waals surface area (Å²) in [5.41, 5.74) is 1.03. The number of aromatic carboxylic acids is 1. The largest absolute Gasteiger partial charge is 0.478 e. The summed E-state index contributed by atoms with van der Waals surface area (Å²) in [7, 11) is 0. The summed E-state index contributed by atoms with van der Waals surface area (Å²) >= 11 is 0. The number of carboxylic acids is 1. The fourth-order valence-electron chi connectivity index (χ4n) is 1.47. The third kappa shape index (κ3) is 1.46. The number of carbonyl (C=O) groups is 1. The Kier molecular flexibility index (Phi) is 2.18. The zero-order valence-electron chi connectivity index (χ0n) is 7.55. The number of rotatable bonds is 2. The van der Waals surface area contributed by atoms with E-state index in [1.165, 1.54) is 0 Å². The third-order valence-corrected chi connectivity index (χ3v) is 2.13. The van der Waals surface area contributed by atoms with Gasteiger partial charge in [0.15, 0.2) is 0 Å². The first kappa shape index (κ1) is 8.74. The Morgan fingerprint density at radius 1 is 1.43 bits per heavy atom. The number of nitrogens with zero attached hydrogens (tertiary/aromatic N) is 2. The second-order valence-electron chi connectivity index (χ2n) is 3.04. The fraction of sp³-hybridized carbons (Fsp3) is 0.200. The molecular weight excluding hydrogens is 180 g/mol. The van der Waals surface area contributed by atoms with Crippen molar-refractivity contribution in [2.45, 2.75) is 0 Å². The van der Waals surface area contributed by atoms with Crippen molar-refractivity contribution in [2.75, 3.05) is 18.0 Å². The summed E-state index contributed by atoms with van der Waals surface area (Å²) in [5.74, 6) is -0.902. The van der Waals surface area contributed by atoms with E-state index >= 15 is 0 Å². The van der Waals surface area contributed by atoms with Crippen LogP contribution in [-0.4, -0.2) is 30.5 Å². The quantitative estimate of drug-likeness (QED) is 0.763. The fourth-order valence-corrected chi connectivity index (χ4v) is 1.47. The molecule has 0 unspecified atom stereocenters. The number of carboxylic acid groups (broad SMARTS) is 1. The Hall–Kier alpha value is -1.84. The SMILES string of the molecule is O=C(O)c1ccccc1N1C=NCC1. The maximum Gasteiger partial charge on any atom is 0.337 e. The molecule has 14 heavy (non-hydrogen) atoms. The number of benzene rings is 1. The molecule has 72 valence electrons. The molecule has 1 aliphatic rings. The van der Waals surface area contributed by atoms with Crippen LogP contribution >= 0.6 is 0 Å². The highest BCUT2D eigenvalue weighted by Gasteiger charge is 2.15. The van der Waals surface area contributed by atoms with Gasteiger partial charge in [0, 0.05) is 6.54 Å². The van der Waals surface area contributed by atoms with Crippen molar-refractivity contribution in [2.24, 2.45) is 4.99 Å². The molecule has 0 radical (unpaired) electrons. The summed E-state index contributed by atoms with van der Waals surface area (Å²) in [6, 6.07) is 6.94. The van der Waals surface area contributed by atoms with E-state index in [0.29, 0.717) is 11.3 Å². The van der Waals surface area contributed by atoms with Gasteiger partial charge in [-0.05, 0) is 12.1 Å². The van der Waals surface area contributed by atoms with E-state index in [1.807, 2.05) is 11.0 Å². The molecule has 0 aromatic heterocycles. The van der Waals surface area contributed by atoms with Crippen LogP contribution in [0.15, 0.2) is 29.3 Å². The van der Waals surface area contributed by atoms with Crippen LogP contribution in [0.4, 0.5) is 5.69 Å². The Bertz CT molecular complexity index is 387. The van der Waals surface area contributed by atoms with Crippen molar-refractivity contribution < 1.29 is 9.90 Å². The van der Waals surface area contributed by atoms with Crippen LogP contribution in [0.3, 0.4) is 0 Å². The molecule has 0 saturated heterocycles. The van der Waals surface area contributed by atoms with Crippen LogP contribution < -0.4 is 4.90 Å². The van der Waals surface area contributed by atoms with E-state index in [-0.39, 0.29) is 0 Å². The minimum Gasteiger partial charge on any atom is -0.478 e. The number of hydrogen-bond acceptors (Lipinski definition) is 3. The molecule has 0 atom stereocenters. The molecule has 1 aliphatic heterocycles. The molecule has 1 aromatic rings. The maximum absolute atomic E-state index is 10.9. The van der Waals surface area contributed by atoms with Gasteiger partial charge in [0.2, 0.25) is 0 Å². The zero-order chi connectivity index (χ0) is 9.97. The molecule has 4 heteroatoms. The predicted octanol–water partition coefficient (Wildman–Crippen LogP) is 1.23. The second-order valence-corrected chi connectivity index (χ2v) is 3.04. The Morgan fingerprint density at radius 2 is 2.21 bits per heavy atom. The standard InChI is InChI=1S/C10H10N2O2/c13-10(14)8-3-1-2-4-9(8)12-6-5-11-7-12/h1-4,7H,5-6H2,(H,13,14). The van der Waals surface area contributed by atoms with Crippen molar-refractivity contribution in [1.29, 1.82) is 0 Å². The summed E-state index contributed by atoms with van der Waals surface area (Å²) in [6.07, 6.45) is 1.68. The van der Waals surface area contributed by atoms with Crippen molar-refractivity contribution in [1.82, 2.24) is 0 Å². The molecule has 0 bridgehead atoms. The summed E-state index contributed by atoms with van der Waals surface area (Å²) < 4.78 is 0. The van der Waals surface area contributed by atoms with E-state index in [1.54, 1.807) is 24.5 Å². The minimum atomic E-state index is -0.902. The molecule has 1 aromatic carbocycles. The maximum atomic E-state index is 10.9. The van der Waals surface area contributed by atoms with Crippen molar-refractivity contribution >= 4 is 18.0 Å². The zero-order valence-corrected chi connectivity index (χ0v) is 7.55. The molecule has 1 heterocycles. The highest BCUT2D eigenvalue weighted by molar-refractivity contribution is 5.98. The lowest BCUT2D eigenvalue weighted by Gasteiger charge is -2.15. The van der Waals surface area contributed by atoms with Gasteiger partial charge in [-0.1, -0.05) is 12.1 Å². The van der Waals surface area contributed by atoms with Gasteiger partial charge in [-0.2, -0.15) is 0 Å². The first-order valence-electron chi connectivity index (χ1n) is 4.38. The second kappa shape index (κ2) is 3.49. The summed E-state index contributed by atoms with van der Waals surface area (Å²) in [4.78, 5) is 16.8. The lowest BCUT2D eigenvalue weighted by atomic mass is 10.1. The number of aliphatic imine (C=N–C) groups is 1. The lowest BCUT2D eigenvalue weighted by Crippen LogP contribution is -2.20. The van der Waals surface area contributed by atoms with E-state index in [9.17, 15) is 4.79 Å². The Morgan fingerprint density at radius 3 is 2.86 bits per heavy atom. The Labute approximate surface area is 81.5 Å². The molecule has 0 aliphatic carbocycles. The van der Waals surface area contributed by atoms with Gasteiger partial charge in [0.05, 0.1) is 24.1 Å². The van der Waals surface area contributed by atoms with Crippen LogP contribution in [0.5, 0.6) is 0 Å². The van der Waals surface area contributed by atoms with E-state index < -0.39 is 5.97 Å². The monoisotopic (exact) mass is 190 g/mol. The average Bonchev–Trinajstić information content (AvgIpc) is 2.70. The van der Waals surface area contributed by atoms with Crippen LogP contribution in [0.25, 0.3) is 0 Å². The van der Waals surface area contributed by atoms with Gasteiger partial charge < -0.3 is 10.0 Å². The highest BCUT2D eigenvalue weighted by Crippen LogP contribution is 2.20. The Balaban J connectivity index is 2.40. The molecule has 4 nitrogen and oxygen atoms in total. The number of anilines is 1. The topological polar surface area (TPSA) is 52.9 Å². The van der Waals surface area contributed by atoms with E-state index in [2.05, 4.69) is 4.99 Å². The van der Waals surface area contributed by atoms with Gasteiger partial charge in [-0.25, -0.2) is 4.79 Å². The normalized spacial score (nSPS) is 14.7. The smallest absolute Gasteiger partial charge is 0.337 e. The summed E-state index contributed by atoms with van der Waals surface area (Å²) in [5, 5.41) is 8.95. The van der Waals surface area contributed by atoms with Crippen LogP contribution in [-0.2, 0) is 0 Å². The van der Waals surface area contributed by atoms with Crippen molar-refractivity contribution in [3.63, 3.8) is 0 Å². The molecule has 0 spiro atoms. The lowest BCUT2D eigenvalue weighted by molar-refractivity contribution is 0.0697. The molecule has 2 rings (SSSR count). The van der Waals surface area contributed by atoms with Gasteiger partial charge in [-0.15, -0.1) is 0 Å². The highest BCUT2D eigenvalue weighted by atomic mass is 16.4. The minimum absolute atomic E-state index is 0.320. The average molecular weight is 190 g/mol. The molecule has 0 fully saturated rings. The number of para-hydroxylation sites is 1. The molecule has 0 saturated carbocycles. The summed E-state index contributed by atoms with van der Waals surface area (Å²) in [6.45, 7) is 1.48. The molecule has 0 amide bonds.